The summed E-state index contributed by atoms with van der Waals surface area (Å²) in [5.41, 5.74) is 0.972. The zero-order chi connectivity index (χ0) is 15.3. The van der Waals surface area contributed by atoms with E-state index in [2.05, 4.69) is 22.9 Å². The quantitative estimate of drug-likeness (QED) is 0.885. The second-order valence-electron chi connectivity index (χ2n) is 4.69. The minimum atomic E-state index is -3.64. The molecule has 0 amide bonds. The van der Waals surface area contributed by atoms with Gasteiger partial charge in [0, 0.05) is 6.07 Å². The van der Waals surface area contributed by atoms with Gasteiger partial charge in [-0.25, -0.2) is 8.42 Å². The molecule has 0 aliphatic carbocycles. The summed E-state index contributed by atoms with van der Waals surface area (Å²) in [5, 5.41) is 3.62. The van der Waals surface area contributed by atoms with E-state index in [1.165, 1.54) is 6.07 Å². The molecule has 1 aromatic heterocycles. The molecular formula is C15H18N2O3S. The number of allylic oxidation sites excluding steroid dienone is 1. The van der Waals surface area contributed by atoms with E-state index in [4.69, 9.17) is 4.52 Å². The van der Waals surface area contributed by atoms with Crippen LogP contribution < -0.4 is 4.72 Å². The molecule has 0 atom stereocenters. The molecule has 0 aliphatic rings. The van der Waals surface area contributed by atoms with Crippen LogP contribution >= 0.6 is 0 Å². The summed E-state index contributed by atoms with van der Waals surface area (Å²) in [6.45, 7) is 3.81. The van der Waals surface area contributed by atoms with E-state index in [1.807, 2.05) is 6.08 Å². The van der Waals surface area contributed by atoms with Crippen LogP contribution in [0.15, 0.2) is 45.8 Å². The second-order valence-corrected chi connectivity index (χ2v) is 6.37. The minimum absolute atomic E-state index is 0.180. The Labute approximate surface area is 124 Å². The summed E-state index contributed by atoms with van der Waals surface area (Å²) >= 11 is 0. The highest BCUT2D eigenvalue weighted by Crippen LogP contribution is 2.17. The van der Waals surface area contributed by atoms with Crippen molar-refractivity contribution in [2.75, 3.05) is 4.72 Å². The summed E-state index contributed by atoms with van der Waals surface area (Å²) in [7, 11) is -3.64. The van der Waals surface area contributed by atoms with Gasteiger partial charge in [-0.1, -0.05) is 42.8 Å². The SMILES string of the molecule is CCC/C=C/c1ccc(S(=O)(=O)Nc2cc(C)on2)cc1. The van der Waals surface area contributed by atoms with Gasteiger partial charge in [0.15, 0.2) is 5.82 Å². The Hall–Kier alpha value is -2.08. The molecule has 6 heteroatoms. The Balaban J connectivity index is 2.13. The first-order valence-corrected chi connectivity index (χ1v) is 8.22. The molecular weight excluding hydrogens is 288 g/mol. The van der Waals surface area contributed by atoms with Crippen LogP contribution in [0.2, 0.25) is 0 Å². The van der Waals surface area contributed by atoms with Crippen molar-refractivity contribution in [3.63, 3.8) is 0 Å². The summed E-state index contributed by atoms with van der Waals surface area (Å²) in [4.78, 5) is 0.191. The van der Waals surface area contributed by atoms with Crippen LogP contribution in [0.1, 0.15) is 31.1 Å². The second kappa shape index (κ2) is 6.58. The average molecular weight is 306 g/mol. The first-order chi connectivity index (χ1) is 10.0. The topological polar surface area (TPSA) is 72.2 Å². The van der Waals surface area contributed by atoms with Gasteiger partial charge in [-0.3, -0.25) is 4.72 Å². The number of nitrogens with zero attached hydrogens (tertiary/aromatic N) is 1. The van der Waals surface area contributed by atoms with Gasteiger partial charge in [0.2, 0.25) is 0 Å². The van der Waals surface area contributed by atoms with Crippen molar-refractivity contribution in [2.24, 2.45) is 0 Å². The minimum Gasteiger partial charge on any atom is -0.360 e. The average Bonchev–Trinajstić information content (AvgIpc) is 2.84. The van der Waals surface area contributed by atoms with E-state index in [-0.39, 0.29) is 10.7 Å². The van der Waals surface area contributed by atoms with Gasteiger partial charge in [0.25, 0.3) is 10.0 Å². The molecule has 0 unspecified atom stereocenters. The molecule has 2 aromatic rings. The number of sulfonamides is 1. The standard InChI is InChI=1S/C15H18N2O3S/c1-3-4-5-6-13-7-9-14(10-8-13)21(18,19)17-15-11-12(2)20-16-15/h5-11H,3-4H2,1-2H3,(H,16,17)/b6-5+. The van der Waals surface area contributed by atoms with Crippen LogP contribution in [0.3, 0.4) is 0 Å². The molecule has 0 aliphatic heterocycles. The monoisotopic (exact) mass is 306 g/mol. The predicted octanol–water partition coefficient (Wildman–Crippen LogP) is 3.60. The van der Waals surface area contributed by atoms with E-state index in [0.29, 0.717) is 5.76 Å². The number of hydrogen-bond donors (Lipinski definition) is 1. The Bertz CT molecular complexity index is 716. The van der Waals surface area contributed by atoms with Gasteiger partial charge < -0.3 is 4.52 Å². The van der Waals surface area contributed by atoms with Gasteiger partial charge in [-0.15, -0.1) is 0 Å². The number of anilines is 1. The highest BCUT2D eigenvalue weighted by molar-refractivity contribution is 7.92. The number of hydrogen-bond acceptors (Lipinski definition) is 4. The molecule has 2 rings (SSSR count). The summed E-state index contributed by atoms with van der Waals surface area (Å²) in [6, 6.07) is 8.21. The first kappa shape index (κ1) is 15.3. The maximum atomic E-state index is 12.2. The van der Waals surface area contributed by atoms with Crippen LogP contribution in [-0.2, 0) is 10.0 Å². The van der Waals surface area contributed by atoms with Crippen molar-refractivity contribution in [2.45, 2.75) is 31.6 Å². The molecule has 1 aromatic carbocycles. The molecule has 5 nitrogen and oxygen atoms in total. The van der Waals surface area contributed by atoms with E-state index >= 15 is 0 Å². The molecule has 0 fully saturated rings. The van der Waals surface area contributed by atoms with E-state index < -0.39 is 10.0 Å². The van der Waals surface area contributed by atoms with Crippen LogP contribution in [-0.4, -0.2) is 13.6 Å². The fourth-order valence-electron chi connectivity index (χ4n) is 1.76. The van der Waals surface area contributed by atoms with Gasteiger partial charge in [0.05, 0.1) is 4.90 Å². The predicted molar refractivity (Wildman–Crippen MR) is 82.4 cm³/mol. The maximum Gasteiger partial charge on any atom is 0.263 e. The Morgan fingerprint density at radius 1 is 1.29 bits per heavy atom. The van der Waals surface area contributed by atoms with Gasteiger partial charge in [-0.2, -0.15) is 0 Å². The molecule has 21 heavy (non-hydrogen) atoms. The number of unbranched alkanes of at least 4 members (excludes halogenated alkanes) is 1. The van der Waals surface area contributed by atoms with Crippen molar-refractivity contribution in [1.82, 2.24) is 5.16 Å². The van der Waals surface area contributed by atoms with Crippen molar-refractivity contribution in [3.8, 4) is 0 Å². The van der Waals surface area contributed by atoms with E-state index in [0.717, 1.165) is 18.4 Å². The van der Waals surface area contributed by atoms with Crippen molar-refractivity contribution >= 4 is 21.9 Å². The van der Waals surface area contributed by atoms with Crippen molar-refractivity contribution in [3.05, 3.63) is 47.7 Å². The summed E-state index contributed by atoms with van der Waals surface area (Å²) in [5.74, 6) is 0.725. The lowest BCUT2D eigenvalue weighted by molar-refractivity contribution is 0.400. The Morgan fingerprint density at radius 2 is 2.00 bits per heavy atom. The molecule has 0 spiro atoms. The molecule has 0 bridgehead atoms. The van der Waals surface area contributed by atoms with Gasteiger partial charge >= 0.3 is 0 Å². The Morgan fingerprint density at radius 3 is 2.57 bits per heavy atom. The third-order valence-corrected chi connectivity index (χ3v) is 4.19. The lowest BCUT2D eigenvalue weighted by atomic mass is 10.2. The van der Waals surface area contributed by atoms with Gasteiger partial charge in [0.1, 0.15) is 5.76 Å². The summed E-state index contributed by atoms with van der Waals surface area (Å²) in [6.07, 6.45) is 6.14. The van der Waals surface area contributed by atoms with Crippen molar-refractivity contribution < 1.29 is 12.9 Å². The van der Waals surface area contributed by atoms with Crippen molar-refractivity contribution in [1.29, 1.82) is 0 Å². The molecule has 0 saturated heterocycles. The van der Waals surface area contributed by atoms with Gasteiger partial charge in [-0.05, 0) is 31.0 Å². The summed E-state index contributed by atoms with van der Waals surface area (Å²) < 4.78 is 31.6. The fourth-order valence-corrected chi connectivity index (χ4v) is 2.74. The largest absolute Gasteiger partial charge is 0.360 e. The number of rotatable bonds is 6. The van der Waals surface area contributed by atoms with Crippen LogP contribution in [0.4, 0.5) is 5.82 Å². The lowest BCUT2D eigenvalue weighted by Crippen LogP contribution is -2.13. The Kier molecular flexibility index (Phi) is 4.80. The fraction of sp³-hybridized carbons (Fsp3) is 0.267. The number of aryl methyl sites for hydroxylation is 1. The van der Waals surface area contributed by atoms with Crippen LogP contribution in [0, 0.1) is 6.92 Å². The number of benzene rings is 1. The van der Waals surface area contributed by atoms with Crippen LogP contribution in [0.25, 0.3) is 6.08 Å². The van der Waals surface area contributed by atoms with E-state index in [9.17, 15) is 8.42 Å². The zero-order valence-corrected chi connectivity index (χ0v) is 12.9. The maximum absolute atomic E-state index is 12.2. The number of aromatic nitrogens is 1. The third kappa shape index (κ3) is 4.19. The highest BCUT2D eigenvalue weighted by Gasteiger charge is 2.15. The van der Waals surface area contributed by atoms with E-state index in [1.54, 1.807) is 31.2 Å². The zero-order valence-electron chi connectivity index (χ0n) is 12.0. The normalized spacial score (nSPS) is 11.9. The smallest absolute Gasteiger partial charge is 0.263 e. The number of nitrogens with one attached hydrogen (secondary N) is 1. The molecule has 112 valence electrons. The molecule has 1 N–H and O–H groups in total. The third-order valence-electron chi connectivity index (χ3n) is 2.82. The first-order valence-electron chi connectivity index (χ1n) is 6.74. The molecule has 0 saturated carbocycles. The van der Waals surface area contributed by atoms with Crippen LogP contribution in [0.5, 0.6) is 0 Å². The molecule has 0 radical (unpaired) electrons. The molecule has 1 heterocycles. The lowest BCUT2D eigenvalue weighted by Gasteiger charge is -2.05. The highest BCUT2D eigenvalue weighted by atomic mass is 32.2.